The molecule has 1 saturated heterocycles. The predicted octanol–water partition coefficient (Wildman–Crippen LogP) is 1.18. The first-order valence-electron chi connectivity index (χ1n) is 7.76. The minimum Gasteiger partial charge on any atom is -0.338 e. The average molecular weight is 339 g/mol. The molecule has 1 atom stereocenters. The van der Waals surface area contributed by atoms with E-state index in [1.165, 1.54) is 12.1 Å². The molecular weight excluding hydrogens is 314 g/mol. The van der Waals surface area contributed by atoms with Gasteiger partial charge in [0, 0.05) is 24.2 Å². The number of carbonyl (C=O) groups is 1. The SMILES string of the molecule is CC(C)(C)NS(=O)(=O)c1ccc(C(=O)N2CCC(CN)C2)cc1. The molecular formula is C16H25N3O3S. The number of carbonyl (C=O) groups excluding carboxylic acids is 1. The first-order valence-corrected chi connectivity index (χ1v) is 9.24. The molecule has 0 bridgehead atoms. The highest BCUT2D eigenvalue weighted by atomic mass is 32.2. The molecule has 1 fully saturated rings. The van der Waals surface area contributed by atoms with E-state index in [1.807, 2.05) is 0 Å². The van der Waals surface area contributed by atoms with Crippen LogP contribution in [-0.2, 0) is 10.0 Å². The maximum atomic E-state index is 12.4. The second kappa shape index (κ2) is 6.59. The summed E-state index contributed by atoms with van der Waals surface area (Å²) in [6.45, 7) is 7.30. The minimum absolute atomic E-state index is 0.0753. The molecule has 3 N–H and O–H groups in total. The number of benzene rings is 1. The Morgan fingerprint density at radius 3 is 2.39 bits per heavy atom. The lowest BCUT2D eigenvalue weighted by molar-refractivity contribution is 0.0787. The molecule has 1 heterocycles. The molecule has 0 aromatic heterocycles. The summed E-state index contributed by atoms with van der Waals surface area (Å²) in [5.74, 6) is 0.281. The van der Waals surface area contributed by atoms with Crippen molar-refractivity contribution >= 4 is 15.9 Å². The summed E-state index contributed by atoms with van der Waals surface area (Å²) >= 11 is 0. The van der Waals surface area contributed by atoms with E-state index in [4.69, 9.17) is 5.73 Å². The van der Waals surface area contributed by atoms with Gasteiger partial charge >= 0.3 is 0 Å². The van der Waals surface area contributed by atoms with E-state index in [2.05, 4.69) is 4.72 Å². The van der Waals surface area contributed by atoms with Crippen LogP contribution in [-0.4, -0.2) is 44.4 Å². The van der Waals surface area contributed by atoms with Crippen molar-refractivity contribution in [3.8, 4) is 0 Å². The van der Waals surface area contributed by atoms with Crippen LogP contribution in [0.2, 0.25) is 0 Å². The van der Waals surface area contributed by atoms with Crippen LogP contribution in [0.5, 0.6) is 0 Å². The minimum atomic E-state index is -3.58. The van der Waals surface area contributed by atoms with E-state index < -0.39 is 15.6 Å². The fraction of sp³-hybridized carbons (Fsp3) is 0.562. The molecule has 0 spiro atoms. The van der Waals surface area contributed by atoms with Crippen LogP contribution in [0.25, 0.3) is 0 Å². The van der Waals surface area contributed by atoms with Crippen LogP contribution >= 0.6 is 0 Å². The molecule has 1 amide bonds. The molecule has 1 aliphatic rings. The number of hydrogen-bond acceptors (Lipinski definition) is 4. The van der Waals surface area contributed by atoms with Crippen molar-refractivity contribution in [3.05, 3.63) is 29.8 Å². The van der Waals surface area contributed by atoms with Crippen molar-refractivity contribution in [2.75, 3.05) is 19.6 Å². The Morgan fingerprint density at radius 1 is 1.30 bits per heavy atom. The fourth-order valence-electron chi connectivity index (χ4n) is 2.63. The molecule has 0 aliphatic carbocycles. The topological polar surface area (TPSA) is 92.5 Å². The number of hydrogen-bond donors (Lipinski definition) is 2. The average Bonchev–Trinajstić information content (AvgIpc) is 2.93. The van der Waals surface area contributed by atoms with Gasteiger partial charge in [0.15, 0.2) is 0 Å². The second-order valence-electron chi connectivity index (χ2n) is 7.02. The number of likely N-dealkylation sites (tertiary alicyclic amines) is 1. The number of nitrogens with zero attached hydrogens (tertiary/aromatic N) is 1. The molecule has 1 aromatic rings. The van der Waals surface area contributed by atoms with Gasteiger partial charge in [0.05, 0.1) is 4.90 Å². The summed E-state index contributed by atoms with van der Waals surface area (Å²) in [5, 5.41) is 0. The first kappa shape index (κ1) is 17.9. The van der Waals surface area contributed by atoms with E-state index in [9.17, 15) is 13.2 Å². The quantitative estimate of drug-likeness (QED) is 0.862. The molecule has 1 aromatic carbocycles. The Balaban J connectivity index is 2.12. The Morgan fingerprint density at radius 2 is 1.91 bits per heavy atom. The highest BCUT2D eigenvalue weighted by Crippen LogP contribution is 2.19. The lowest BCUT2D eigenvalue weighted by atomic mass is 10.1. The van der Waals surface area contributed by atoms with Crippen LogP contribution in [0.15, 0.2) is 29.2 Å². The normalized spacial score (nSPS) is 19.1. The van der Waals surface area contributed by atoms with Crippen molar-refractivity contribution in [2.24, 2.45) is 11.7 Å². The summed E-state index contributed by atoms with van der Waals surface area (Å²) in [6.07, 6.45) is 0.921. The number of rotatable bonds is 4. The molecule has 0 radical (unpaired) electrons. The predicted molar refractivity (Wildman–Crippen MR) is 89.6 cm³/mol. The largest absolute Gasteiger partial charge is 0.338 e. The van der Waals surface area contributed by atoms with Gasteiger partial charge in [-0.05, 0) is 63.9 Å². The summed E-state index contributed by atoms with van der Waals surface area (Å²) in [6, 6.07) is 6.07. The highest BCUT2D eigenvalue weighted by molar-refractivity contribution is 7.89. The van der Waals surface area contributed by atoms with E-state index in [-0.39, 0.29) is 10.8 Å². The van der Waals surface area contributed by atoms with Crippen molar-refractivity contribution in [1.29, 1.82) is 0 Å². The lowest BCUT2D eigenvalue weighted by Crippen LogP contribution is -2.40. The number of nitrogens with one attached hydrogen (secondary N) is 1. The third-order valence-corrected chi connectivity index (χ3v) is 5.53. The van der Waals surface area contributed by atoms with Crippen LogP contribution in [0, 0.1) is 5.92 Å². The van der Waals surface area contributed by atoms with Gasteiger partial charge in [0.2, 0.25) is 10.0 Å². The van der Waals surface area contributed by atoms with Crippen LogP contribution in [0.1, 0.15) is 37.6 Å². The van der Waals surface area contributed by atoms with Crippen LogP contribution in [0.4, 0.5) is 0 Å². The van der Waals surface area contributed by atoms with Crippen molar-refractivity contribution in [2.45, 2.75) is 37.6 Å². The zero-order valence-electron chi connectivity index (χ0n) is 13.9. The van der Waals surface area contributed by atoms with Crippen LogP contribution < -0.4 is 10.5 Å². The second-order valence-corrected chi connectivity index (χ2v) is 8.70. The fourth-order valence-corrected chi connectivity index (χ4v) is 4.05. The Bertz CT molecular complexity index is 663. The number of sulfonamides is 1. The molecule has 128 valence electrons. The standard InChI is InChI=1S/C16H25N3O3S/c1-16(2,3)18-23(21,22)14-6-4-13(5-7-14)15(20)19-9-8-12(10-17)11-19/h4-7,12,18H,8-11,17H2,1-3H3. The molecule has 1 aliphatic heterocycles. The van der Waals surface area contributed by atoms with Gasteiger partial charge in [0.1, 0.15) is 0 Å². The van der Waals surface area contributed by atoms with Crippen molar-refractivity contribution in [1.82, 2.24) is 9.62 Å². The zero-order chi connectivity index (χ0) is 17.3. The van der Waals surface area contributed by atoms with Gasteiger partial charge in [-0.2, -0.15) is 0 Å². The van der Waals surface area contributed by atoms with Crippen molar-refractivity contribution < 1.29 is 13.2 Å². The van der Waals surface area contributed by atoms with E-state index in [0.29, 0.717) is 31.1 Å². The van der Waals surface area contributed by atoms with Crippen molar-refractivity contribution in [3.63, 3.8) is 0 Å². The third kappa shape index (κ3) is 4.53. The summed E-state index contributed by atoms with van der Waals surface area (Å²) in [4.78, 5) is 14.3. The summed E-state index contributed by atoms with van der Waals surface area (Å²) in [5.41, 5.74) is 5.58. The monoisotopic (exact) mass is 339 g/mol. The molecule has 23 heavy (non-hydrogen) atoms. The number of nitrogens with two attached hydrogens (primary N) is 1. The van der Waals surface area contributed by atoms with E-state index in [1.54, 1.807) is 37.8 Å². The molecule has 1 unspecified atom stereocenters. The van der Waals surface area contributed by atoms with E-state index in [0.717, 1.165) is 6.42 Å². The molecule has 2 rings (SSSR count). The van der Waals surface area contributed by atoms with Gasteiger partial charge in [0.25, 0.3) is 5.91 Å². The molecule has 7 heteroatoms. The maximum Gasteiger partial charge on any atom is 0.253 e. The van der Waals surface area contributed by atoms with Gasteiger partial charge in [-0.1, -0.05) is 0 Å². The van der Waals surface area contributed by atoms with Gasteiger partial charge in [-0.3, -0.25) is 4.79 Å². The Labute approximate surface area is 138 Å². The summed E-state index contributed by atoms with van der Waals surface area (Å²) < 4.78 is 27.1. The number of amides is 1. The Hall–Kier alpha value is -1.44. The Kier molecular flexibility index (Phi) is 5.13. The maximum absolute atomic E-state index is 12.4. The zero-order valence-corrected chi connectivity index (χ0v) is 14.7. The van der Waals surface area contributed by atoms with E-state index >= 15 is 0 Å². The lowest BCUT2D eigenvalue weighted by Gasteiger charge is -2.20. The third-order valence-electron chi connectivity index (χ3n) is 3.76. The smallest absolute Gasteiger partial charge is 0.253 e. The molecule has 6 nitrogen and oxygen atoms in total. The highest BCUT2D eigenvalue weighted by Gasteiger charge is 2.27. The first-order chi connectivity index (χ1) is 10.6. The summed E-state index contributed by atoms with van der Waals surface area (Å²) in [7, 11) is -3.58. The van der Waals surface area contributed by atoms with Gasteiger partial charge < -0.3 is 10.6 Å². The van der Waals surface area contributed by atoms with Crippen LogP contribution in [0.3, 0.4) is 0 Å². The van der Waals surface area contributed by atoms with Gasteiger partial charge in [-0.15, -0.1) is 0 Å². The van der Waals surface area contributed by atoms with Gasteiger partial charge in [-0.25, -0.2) is 13.1 Å². The molecule has 0 saturated carbocycles.